The van der Waals surface area contributed by atoms with E-state index < -0.39 is 17.4 Å². The van der Waals surface area contributed by atoms with Gasteiger partial charge in [0.15, 0.2) is 0 Å². The van der Waals surface area contributed by atoms with Crippen LogP contribution in [0.1, 0.15) is 25.7 Å². The van der Waals surface area contributed by atoms with Crippen LogP contribution in [0.4, 0.5) is 10.5 Å². The smallest absolute Gasteiger partial charge is 0.325 e. The van der Waals surface area contributed by atoms with Crippen molar-refractivity contribution in [3.63, 3.8) is 0 Å². The van der Waals surface area contributed by atoms with Crippen molar-refractivity contribution in [2.75, 3.05) is 24.5 Å². The summed E-state index contributed by atoms with van der Waals surface area (Å²) in [6, 6.07) is 8.66. The molecule has 0 spiro atoms. The highest BCUT2D eigenvalue weighted by atomic mass is 16.4. The van der Waals surface area contributed by atoms with E-state index in [0.29, 0.717) is 18.5 Å². The Morgan fingerprint density at radius 3 is 2.46 bits per heavy atom. The number of urea groups is 1. The van der Waals surface area contributed by atoms with Gasteiger partial charge in [-0.15, -0.1) is 0 Å². The number of carbonyl (C=O) groups excluding carboxylic acids is 2. The summed E-state index contributed by atoms with van der Waals surface area (Å²) in [6.07, 6.45) is 1.20. The summed E-state index contributed by atoms with van der Waals surface area (Å²) in [6.45, 7) is 1.56. The maximum Gasteiger partial charge on any atom is 0.325 e. The van der Waals surface area contributed by atoms with Gasteiger partial charge in [-0.1, -0.05) is 18.2 Å². The number of nitrogens with zero attached hydrogens (tertiary/aromatic N) is 2. The number of carbonyl (C=O) groups is 3. The highest BCUT2D eigenvalue weighted by Gasteiger charge is 2.56. The van der Waals surface area contributed by atoms with E-state index in [1.807, 2.05) is 18.2 Å². The van der Waals surface area contributed by atoms with Crippen molar-refractivity contribution in [3.05, 3.63) is 30.3 Å². The molecule has 0 radical (unpaired) electrons. The number of carboxylic acids is 1. The lowest BCUT2D eigenvalue weighted by molar-refractivity contribution is -0.138. The molecule has 3 rings (SSSR count). The average molecular weight is 360 g/mol. The predicted molar refractivity (Wildman–Crippen MR) is 95.7 cm³/mol. The number of amides is 3. The summed E-state index contributed by atoms with van der Waals surface area (Å²) >= 11 is 0. The minimum atomic E-state index is -1.31. The lowest BCUT2D eigenvalue weighted by Gasteiger charge is -2.41. The van der Waals surface area contributed by atoms with Crippen LogP contribution in [-0.4, -0.2) is 59.1 Å². The summed E-state index contributed by atoms with van der Waals surface area (Å²) in [5.74, 6) is -1.66. The Morgan fingerprint density at radius 1 is 1.23 bits per heavy atom. The number of para-hydroxylation sites is 1. The summed E-state index contributed by atoms with van der Waals surface area (Å²) in [4.78, 5) is 40.0. The number of anilines is 1. The van der Waals surface area contributed by atoms with Crippen LogP contribution in [0.5, 0.6) is 0 Å². The highest BCUT2D eigenvalue weighted by Crippen LogP contribution is 2.37. The molecule has 8 heteroatoms. The summed E-state index contributed by atoms with van der Waals surface area (Å²) in [5, 5.41) is 12.4. The Balaban J connectivity index is 2.00. The number of aliphatic carboxylic acids is 1. The number of hydrogen-bond acceptors (Lipinski definition) is 4. The van der Waals surface area contributed by atoms with Gasteiger partial charge in [0.2, 0.25) is 5.91 Å². The molecule has 0 saturated carbocycles. The van der Waals surface area contributed by atoms with Crippen LogP contribution in [0.25, 0.3) is 0 Å². The van der Waals surface area contributed by atoms with Crippen molar-refractivity contribution in [2.45, 2.75) is 37.3 Å². The minimum absolute atomic E-state index is 0.0106. The third kappa shape index (κ3) is 3.24. The van der Waals surface area contributed by atoms with Gasteiger partial charge in [0.05, 0.1) is 6.54 Å². The molecular weight excluding hydrogens is 336 g/mol. The molecule has 1 atom stereocenters. The van der Waals surface area contributed by atoms with E-state index in [9.17, 15) is 14.4 Å². The van der Waals surface area contributed by atoms with Crippen molar-refractivity contribution < 1.29 is 19.5 Å². The van der Waals surface area contributed by atoms with Gasteiger partial charge < -0.3 is 21.1 Å². The number of carboxylic acid groups (broad SMARTS) is 1. The average Bonchev–Trinajstić information content (AvgIpc) is 2.95. The van der Waals surface area contributed by atoms with E-state index in [1.165, 1.54) is 4.90 Å². The maximum atomic E-state index is 13.2. The van der Waals surface area contributed by atoms with Crippen LogP contribution in [0.2, 0.25) is 0 Å². The standard InChI is InChI=1S/C18H24N4O4/c19-16(25)18(9-6-15(23)24)12-21(13-4-2-1-3-5-13)17(26)22(18)14-7-10-20-11-8-14/h1-5,14,20H,6-12H2,(H2,19,25)(H,23,24). The number of hydrogen-bond donors (Lipinski definition) is 3. The number of primary amides is 1. The molecule has 1 aromatic carbocycles. The van der Waals surface area contributed by atoms with Gasteiger partial charge in [-0.2, -0.15) is 0 Å². The van der Waals surface area contributed by atoms with Crippen molar-refractivity contribution in [3.8, 4) is 0 Å². The van der Waals surface area contributed by atoms with Gasteiger partial charge in [0, 0.05) is 18.2 Å². The molecule has 4 N–H and O–H groups in total. The molecule has 0 aliphatic carbocycles. The van der Waals surface area contributed by atoms with Gasteiger partial charge in [-0.25, -0.2) is 4.79 Å². The number of piperidine rings is 1. The zero-order valence-corrected chi connectivity index (χ0v) is 14.6. The quantitative estimate of drug-likeness (QED) is 0.693. The number of benzene rings is 1. The van der Waals surface area contributed by atoms with E-state index in [0.717, 1.165) is 13.1 Å². The maximum absolute atomic E-state index is 13.2. The molecule has 2 aliphatic rings. The fraction of sp³-hybridized carbons (Fsp3) is 0.500. The molecule has 1 unspecified atom stereocenters. The summed E-state index contributed by atoms with van der Waals surface area (Å²) in [5.41, 5.74) is 5.11. The monoisotopic (exact) mass is 360 g/mol. The van der Waals surface area contributed by atoms with Crippen LogP contribution in [-0.2, 0) is 9.59 Å². The van der Waals surface area contributed by atoms with Crippen molar-refractivity contribution in [1.29, 1.82) is 0 Å². The van der Waals surface area contributed by atoms with Crippen LogP contribution in [0.15, 0.2) is 30.3 Å². The third-order valence-electron chi connectivity index (χ3n) is 5.27. The summed E-state index contributed by atoms with van der Waals surface area (Å²) < 4.78 is 0. The van der Waals surface area contributed by atoms with Gasteiger partial charge in [0.25, 0.3) is 0 Å². The molecule has 0 bridgehead atoms. The minimum Gasteiger partial charge on any atom is -0.481 e. The first-order valence-electron chi connectivity index (χ1n) is 8.84. The highest BCUT2D eigenvalue weighted by molar-refractivity contribution is 6.02. The molecule has 1 aromatic rings. The number of nitrogens with two attached hydrogens (primary N) is 1. The molecule has 3 amide bonds. The van der Waals surface area contributed by atoms with Gasteiger partial charge in [-0.3, -0.25) is 14.5 Å². The van der Waals surface area contributed by atoms with Crippen molar-refractivity contribution >= 4 is 23.6 Å². The first kappa shape index (κ1) is 18.2. The fourth-order valence-corrected chi connectivity index (χ4v) is 3.93. The normalized spacial score (nSPS) is 24.1. The Hall–Kier alpha value is -2.61. The molecule has 2 heterocycles. The molecule has 26 heavy (non-hydrogen) atoms. The Bertz CT molecular complexity index is 690. The fourth-order valence-electron chi connectivity index (χ4n) is 3.93. The number of rotatable bonds is 6. The van der Waals surface area contributed by atoms with E-state index in [-0.39, 0.29) is 31.5 Å². The molecule has 8 nitrogen and oxygen atoms in total. The van der Waals surface area contributed by atoms with E-state index in [2.05, 4.69) is 5.32 Å². The van der Waals surface area contributed by atoms with Crippen molar-refractivity contribution in [1.82, 2.24) is 10.2 Å². The van der Waals surface area contributed by atoms with Gasteiger partial charge in [-0.05, 0) is 44.5 Å². The first-order valence-corrected chi connectivity index (χ1v) is 8.84. The SMILES string of the molecule is NC(=O)C1(CCC(=O)O)CN(c2ccccc2)C(=O)N1C1CCNCC1. The first-order chi connectivity index (χ1) is 12.5. The van der Waals surface area contributed by atoms with E-state index in [4.69, 9.17) is 10.8 Å². The zero-order valence-electron chi connectivity index (χ0n) is 14.6. The topological polar surface area (TPSA) is 116 Å². The summed E-state index contributed by atoms with van der Waals surface area (Å²) in [7, 11) is 0. The molecule has 140 valence electrons. The molecule has 0 aromatic heterocycles. The Morgan fingerprint density at radius 2 is 1.88 bits per heavy atom. The van der Waals surface area contributed by atoms with Crippen LogP contribution in [0, 0.1) is 0 Å². The molecule has 2 saturated heterocycles. The Labute approximate surface area is 151 Å². The predicted octanol–water partition coefficient (Wildman–Crippen LogP) is 0.769. The second-order valence-corrected chi connectivity index (χ2v) is 6.85. The van der Waals surface area contributed by atoms with Crippen LogP contribution < -0.4 is 16.0 Å². The zero-order chi connectivity index (χ0) is 18.7. The largest absolute Gasteiger partial charge is 0.481 e. The number of nitrogens with one attached hydrogen (secondary N) is 1. The Kier molecular flexibility index (Phi) is 5.13. The third-order valence-corrected chi connectivity index (χ3v) is 5.27. The van der Waals surface area contributed by atoms with Gasteiger partial charge >= 0.3 is 12.0 Å². The van der Waals surface area contributed by atoms with Crippen molar-refractivity contribution in [2.24, 2.45) is 5.73 Å². The molecular formula is C18H24N4O4. The van der Waals surface area contributed by atoms with E-state index in [1.54, 1.807) is 17.0 Å². The van der Waals surface area contributed by atoms with Crippen LogP contribution in [0.3, 0.4) is 0 Å². The lowest BCUT2D eigenvalue weighted by atomic mass is 9.88. The van der Waals surface area contributed by atoms with Gasteiger partial charge in [0.1, 0.15) is 5.54 Å². The lowest BCUT2D eigenvalue weighted by Crippen LogP contribution is -2.61. The second kappa shape index (κ2) is 7.33. The second-order valence-electron chi connectivity index (χ2n) is 6.85. The van der Waals surface area contributed by atoms with Crippen LogP contribution >= 0.6 is 0 Å². The molecule has 2 fully saturated rings. The van der Waals surface area contributed by atoms with E-state index >= 15 is 0 Å². The molecule has 2 aliphatic heterocycles.